The summed E-state index contributed by atoms with van der Waals surface area (Å²) in [4.78, 5) is 2.50. The fraction of sp³-hybridized carbons (Fsp3) is 0.423. The van der Waals surface area contributed by atoms with E-state index < -0.39 is 0 Å². The molecule has 2 heterocycles. The van der Waals surface area contributed by atoms with Crippen molar-refractivity contribution in [3.63, 3.8) is 0 Å². The fourth-order valence-electron chi connectivity index (χ4n) is 4.90. The molecule has 1 aliphatic rings. The maximum Gasteiger partial charge on any atom is 0.0698 e. The predicted molar refractivity (Wildman–Crippen MR) is 122 cm³/mol. The number of likely N-dealkylation sites (tertiary alicyclic amines) is 1. The van der Waals surface area contributed by atoms with Gasteiger partial charge < -0.3 is 5.11 Å². The number of aryl methyl sites for hydroxylation is 3. The largest absolute Gasteiger partial charge is 0.396 e. The molecular formula is C26H33N3O. The Labute approximate surface area is 180 Å². The first-order valence-corrected chi connectivity index (χ1v) is 11.0. The van der Waals surface area contributed by atoms with Crippen LogP contribution in [0.1, 0.15) is 40.7 Å². The zero-order valence-corrected chi connectivity index (χ0v) is 18.4. The molecule has 0 amide bonds. The molecule has 1 atom stereocenters. The van der Waals surface area contributed by atoms with Gasteiger partial charge in [-0.3, -0.25) is 10.00 Å². The highest BCUT2D eigenvalue weighted by Gasteiger charge is 2.35. The van der Waals surface area contributed by atoms with E-state index in [1.165, 1.54) is 33.4 Å². The molecule has 0 aliphatic carbocycles. The molecule has 1 fully saturated rings. The zero-order valence-electron chi connectivity index (χ0n) is 18.4. The van der Waals surface area contributed by atoms with Gasteiger partial charge in [0.2, 0.25) is 0 Å². The standard InChI is InChI=1S/C26H33N3O/c1-19-9-10-21(3)24(13-19)25-23(15-27-28-25)16-29-12-6-11-26(17-29,18-30)14-22-8-5-4-7-20(22)2/h4-5,7-10,13,15,30H,6,11-12,14,16-18H2,1-3H3,(H,27,28). The number of aromatic amines is 1. The van der Waals surface area contributed by atoms with Gasteiger partial charge in [0.25, 0.3) is 0 Å². The molecule has 2 aromatic carbocycles. The van der Waals surface area contributed by atoms with Gasteiger partial charge in [0, 0.05) is 29.6 Å². The van der Waals surface area contributed by atoms with E-state index in [9.17, 15) is 5.11 Å². The molecule has 1 saturated heterocycles. The summed E-state index contributed by atoms with van der Waals surface area (Å²) in [6.07, 6.45) is 5.09. The molecule has 0 bridgehead atoms. The average molecular weight is 404 g/mol. The second-order valence-corrected chi connectivity index (χ2v) is 9.16. The van der Waals surface area contributed by atoms with Crippen LogP contribution in [0.25, 0.3) is 11.3 Å². The van der Waals surface area contributed by atoms with Gasteiger partial charge in [-0.2, -0.15) is 5.10 Å². The molecule has 0 radical (unpaired) electrons. The van der Waals surface area contributed by atoms with Crippen LogP contribution in [0.15, 0.2) is 48.7 Å². The second kappa shape index (κ2) is 8.75. The van der Waals surface area contributed by atoms with Crippen molar-refractivity contribution in [3.8, 4) is 11.3 Å². The Kier molecular flexibility index (Phi) is 6.07. The lowest BCUT2D eigenvalue weighted by Crippen LogP contribution is -2.46. The summed E-state index contributed by atoms with van der Waals surface area (Å²) in [5, 5.41) is 18.0. The first-order chi connectivity index (χ1) is 14.5. The third kappa shape index (κ3) is 4.35. The van der Waals surface area contributed by atoms with E-state index in [2.05, 4.69) is 78.3 Å². The first-order valence-electron chi connectivity index (χ1n) is 11.0. The lowest BCUT2D eigenvalue weighted by Gasteiger charge is -2.42. The number of hydrogen-bond acceptors (Lipinski definition) is 3. The summed E-state index contributed by atoms with van der Waals surface area (Å²) in [5.41, 5.74) is 8.69. The number of H-pyrrole nitrogens is 1. The van der Waals surface area contributed by atoms with E-state index in [1.807, 2.05) is 6.20 Å². The number of nitrogens with zero attached hydrogens (tertiary/aromatic N) is 2. The third-order valence-corrected chi connectivity index (χ3v) is 6.68. The molecule has 1 unspecified atom stereocenters. The molecule has 2 N–H and O–H groups in total. The van der Waals surface area contributed by atoms with Crippen molar-refractivity contribution >= 4 is 0 Å². The molecule has 158 valence electrons. The van der Waals surface area contributed by atoms with Crippen molar-refractivity contribution in [1.29, 1.82) is 0 Å². The van der Waals surface area contributed by atoms with E-state index in [1.54, 1.807) is 0 Å². The van der Waals surface area contributed by atoms with Gasteiger partial charge in [-0.05, 0) is 69.3 Å². The highest BCUT2D eigenvalue weighted by Crippen LogP contribution is 2.35. The number of hydrogen-bond donors (Lipinski definition) is 2. The summed E-state index contributed by atoms with van der Waals surface area (Å²) >= 11 is 0. The molecular weight excluding hydrogens is 370 g/mol. The van der Waals surface area contributed by atoms with Crippen molar-refractivity contribution < 1.29 is 5.11 Å². The zero-order chi connectivity index (χ0) is 21.1. The summed E-state index contributed by atoms with van der Waals surface area (Å²) in [7, 11) is 0. The minimum atomic E-state index is -0.0759. The Morgan fingerprint density at radius 2 is 1.90 bits per heavy atom. The maximum absolute atomic E-state index is 10.4. The van der Waals surface area contributed by atoms with Crippen LogP contribution in [0.5, 0.6) is 0 Å². The number of rotatable bonds is 6. The Morgan fingerprint density at radius 1 is 1.07 bits per heavy atom. The molecule has 4 heteroatoms. The summed E-state index contributed by atoms with van der Waals surface area (Å²) in [6.45, 7) is 9.51. The summed E-state index contributed by atoms with van der Waals surface area (Å²) in [6, 6.07) is 15.1. The van der Waals surface area contributed by atoms with Crippen LogP contribution in [-0.2, 0) is 13.0 Å². The van der Waals surface area contributed by atoms with Crippen molar-refractivity contribution in [1.82, 2.24) is 15.1 Å². The molecule has 3 aromatic rings. The third-order valence-electron chi connectivity index (χ3n) is 6.68. The minimum absolute atomic E-state index is 0.0759. The predicted octanol–water partition coefficient (Wildman–Crippen LogP) is 4.82. The van der Waals surface area contributed by atoms with E-state index in [-0.39, 0.29) is 12.0 Å². The maximum atomic E-state index is 10.4. The highest BCUT2D eigenvalue weighted by molar-refractivity contribution is 5.67. The smallest absolute Gasteiger partial charge is 0.0698 e. The van der Waals surface area contributed by atoms with Crippen molar-refractivity contribution in [2.75, 3.05) is 19.7 Å². The SMILES string of the molecule is Cc1ccc(C)c(-c2[nH]ncc2CN2CCCC(CO)(Cc3ccccc3C)C2)c1. The molecule has 1 aromatic heterocycles. The Bertz CT molecular complexity index is 1010. The van der Waals surface area contributed by atoms with Crippen LogP contribution < -0.4 is 0 Å². The number of nitrogens with one attached hydrogen (secondary N) is 1. The van der Waals surface area contributed by atoms with Crippen LogP contribution in [0.4, 0.5) is 0 Å². The monoisotopic (exact) mass is 403 g/mol. The van der Waals surface area contributed by atoms with Gasteiger partial charge in [-0.15, -0.1) is 0 Å². The van der Waals surface area contributed by atoms with Crippen LogP contribution in [0.3, 0.4) is 0 Å². The van der Waals surface area contributed by atoms with E-state index in [4.69, 9.17) is 0 Å². The highest BCUT2D eigenvalue weighted by atomic mass is 16.3. The average Bonchev–Trinajstić information content (AvgIpc) is 3.19. The normalized spacial score (nSPS) is 19.9. The van der Waals surface area contributed by atoms with Crippen LogP contribution in [0.2, 0.25) is 0 Å². The minimum Gasteiger partial charge on any atom is -0.396 e. The van der Waals surface area contributed by atoms with Gasteiger partial charge in [0.15, 0.2) is 0 Å². The number of aliphatic hydroxyl groups excluding tert-OH is 1. The Balaban J connectivity index is 1.54. The molecule has 1 aliphatic heterocycles. The number of benzene rings is 2. The van der Waals surface area contributed by atoms with Gasteiger partial charge in [0.05, 0.1) is 18.5 Å². The van der Waals surface area contributed by atoms with Gasteiger partial charge >= 0.3 is 0 Å². The lowest BCUT2D eigenvalue weighted by molar-refractivity contribution is 0.0288. The Hall–Kier alpha value is -2.43. The molecule has 4 nitrogen and oxygen atoms in total. The summed E-state index contributed by atoms with van der Waals surface area (Å²) < 4.78 is 0. The van der Waals surface area contributed by atoms with E-state index >= 15 is 0 Å². The summed E-state index contributed by atoms with van der Waals surface area (Å²) in [5.74, 6) is 0. The van der Waals surface area contributed by atoms with Crippen molar-refractivity contribution in [2.24, 2.45) is 5.41 Å². The fourth-order valence-corrected chi connectivity index (χ4v) is 4.90. The number of piperidine rings is 1. The number of aromatic nitrogens is 2. The van der Waals surface area contributed by atoms with Gasteiger partial charge in [-0.25, -0.2) is 0 Å². The number of aliphatic hydroxyl groups is 1. The first kappa shape index (κ1) is 20.8. The van der Waals surface area contributed by atoms with Crippen LogP contribution in [0, 0.1) is 26.2 Å². The van der Waals surface area contributed by atoms with Crippen LogP contribution >= 0.6 is 0 Å². The molecule has 4 rings (SSSR count). The second-order valence-electron chi connectivity index (χ2n) is 9.16. The van der Waals surface area contributed by atoms with Crippen molar-refractivity contribution in [3.05, 3.63) is 76.5 Å². The topological polar surface area (TPSA) is 52.2 Å². The van der Waals surface area contributed by atoms with E-state index in [0.29, 0.717) is 0 Å². The Morgan fingerprint density at radius 3 is 2.70 bits per heavy atom. The van der Waals surface area contributed by atoms with E-state index in [0.717, 1.165) is 44.6 Å². The molecule has 30 heavy (non-hydrogen) atoms. The molecule has 0 saturated carbocycles. The quantitative estimate of drug-likeness (QED) is 0.620. The molecule has 0 spiro atoms. The van der Waals surface area contributed by atoms with Gasteiger partial charge in [0.1, 0.15) is 0 Å². The van der Waals surface area contributed by atoms with Crippen molar-refractivity contribution in [2.45, 2.75) is 46.6 Å². The van der Waals surface area contributed by atoms with Gasteiger partial charge in [-0.1, -0.05) is 42.0 Å². The van der Waals surface area contributed by atoms with Crippen LogP contribution in [-0.4, -0.2) is 39.9 Å². The lowest BCUT2D eigenvalue weighted by atomic mass is 9.75.